The number of ether oxygens (including phenoxy) is 1. The van der Waals surface area contributed by atoms with Crippen LogP contribution in [-0.4, -0.2) is 50.4 Å². The molecule has 0 aromatic carbocycles. The van der Waals surface area contributed by atoms with Crippen molar-refractivity contribution in [2.75, 3.05) is 27.3 Å². The third-order valence-corrected chi connectivity index (χ3v) is 3.14. The second-order valence-corrected chi connectivity index (χ2v) is 5.38. The molecule has 0 saturated heterocycles. The van der Waals surface area contributed by atoms with E-state index < -0.39 is 10.0 Å². The van der Waals surface area contributed by atoms with Crippen molar-refractivity contribution in [3.63, 3.8) is 0 Å². The molecule has 0 aliphatic carbocycles. The molecule has 0 amide bonds. The van der Waals surface area contributed by atoms with Crippen LogP contribution in [0.25, 0.3) is 0 Å². The predicted octanol–water partition coefficient (Wildman–Crippen LogP) is -0.854. The van der Waals surface area contributed by atoms with Crippen molar-refractivity contribution in [2.45, 2.75) is 11.6 Å². The minimum Gasteiger partial charge on any atom is -0.383 e. The number of primary sulfonamides is 1. The summed E-state index contributed by atoms with van der Waals surface area (Å²) in [5.41, 5.74) is 0.785. The topological polar surface area (TPSA) is 90.4 Å². The molecule has 8 heteroatoms. The SMILES string of the molecule is COCCN(C)Cc1cc(S(N)(=O)=O)nn1C. The molecule has 0 spiro atoms. The number of hydrogen-bond donors (Lipinski definition) is 1. The minimum absolute atomic E-state index is 0.102. The first-order valence-corrected chi connectivity index (χ1v) is 6.62. The van der Waals surface area contributed by atoms with E-state index in [-0.39, 0.29) is 5.03 Å². The molecule has 0 saturated carbocycles. The maximum atomic E-state index is 11.1. The molecular formula is C9H18N4O3S. The van der Waals surface area contributed by atoms with Gasteiger partial charge in [-0.3, -0.25) is 9.58 Å². The number of aromatic nitrogens is 2. The first-order chi connectivity index (χ1) is 7.84. The molecule has 0 fully saturated rings. The van der Waals surface area contributed by atoms with Gasteiger partial charge in [0, 0.05) is 33.3 Å². The quantitative estimate of drug-likeness (QED) is 0.721. The Hall–Kier alpha value is -0.960. The van der Waals surface area contributed by atoms with Gasteiger partial charge in [0.15, 0.2) is 5.03 Å². The zero-order valence-corrected chi connectivity index (χ0v) is 11.1. The van der Waals surface area contributed by atoms with Crippen LogP contribution in [0.3, 0.4) is 0 Å². The molecular weight excluding hydrogens is 244 g/mol. The van der Waals surface area contributed by atoms with Crippen LogP contribution in [0.2, 0.25) is 0 Å². The molecule has 98 valence electrons. The van der Waals surface area contributed by atoms with Gasteiger partial charge in [-0.15, -0.1) is 0 Å². The number of sulfonamides is 1. The molecule has 0 aliphatic heterocycles. The second-order valence-electron chi connectivity index (χ2n) is 3.87. The summed E-state index contributed by atoms with van der Waals surface area (Å²) >= 11 is 0. The van der Waals surface area contributed by atoms with E-state index in [1.165, 1.54) is 10.7 Å². The second kappa shape index (κ2) is 5.58. The Labute approximate surface area is 101 Å². The van der Waals surface area contributed by atoms with E-state index in [1.807, 2.05) is 11.9 Å². The summed E-state index contributed by atoms with van der Waals surface area (Å²) in [4.78, 5) is 2.01. The number of rotatable bonds is 6. The highest BCUT2D eigenvalue weighted by atomic mass is 32.2. The van der Waals surface area contributed by atoms with Crippen LogP contribution in [0.1, 0.15) is 5.69 Å². The van der Waals surface area contributed by atoms with Gasteiger partial charge in [0.2, 0.25) is 0 Å². The number of hydrogen-bond acceptors (Lipinski definition) is 5. The van der Waals surface area contributed by atoms with E-state index in [9.17, 15) is 8.42 Å². The summed E-state index contributed by atoms with van der Waals surface area (Å²) in [5.74, 6) is 0. The Morgan fingerprint density at radius 1 is 1.59 bits per heavy atom. The maximum absolute atomic E-state index is 11.1. The Kier molecular flexibility index (Phi) is 4.63. The lowest BCUT2D eigenvalue weighted by Gasteiger charge is -2.15. The first kappa shape index (κ1) is 14.1. The van der Waals surface area contributed by atoms with E-state index in [0.29, 0.717) is 13.2 Å². The van der Waals surface area contributed by atoms with E-state index in [4.69, 9.17) is 9.88 Å². The van der Waals surface area contributed by atoms with Gasteiger partial charge in [0.1, 0.15) is 0 Å². The smallest absolute Gasteiger partial charge is 0.257 e. The van der Waals surface area contributed by atoms with Gasteiger partial charge in [-0.05, 0) is 7.05 Å². The van der Waals surface area contributed by atoms with E-state index in [0.717, 1.165) is 12.2 Å². The summed E-state index contributed by atoms with van der Waals surface area (Å²) < 4.78 is 28.7. The Balaban J connectivity index is 2.75. The van der Waals surface area contributed by atoms with Gasteiger partial charge < -0.3 is 4.74 Å². The average Bonchev–Trinajstić information content (AvgIpc) is 2.57. The number of nitrogens with zero attached hydrogens (tertiary/aromatic N) is 3. The van der Waals surface area contributed by atoms with Crippen molar-refractivity contribution in [2.24, 2.45) is 12.2 Å². The lowest BCUT2D eigenvalue weighted by atomic mass is 10.4. The summed E-state index contributed by atoms with van der Waals surface area (Å²) in [7, 11) is 1.51. The fourth-order valence-electron chi connectivity index (χ4n) is 1.37. The van der Waals surface area contributed by atoms with Crippen molar-refractivity contribution >= 4 is 10.0 Å². The van der Waals surface area contributed by atoms with Gasteiger partial charge in [-0.1, -0.05) is 0 Å². The highest BCUT2D eigenvalue weighted by Gasteiger charge is 2.15. The molecule has 0 unspecified atom stereocenters. The summed E-state index contributed by atoms with van der Waals surface area (Å²) in [6.07, 6.45) is 0. The lowest BCUT2D eigenvalue weighted by Crippen LogP contribution is -2.23. The van der Waals surface area contributed by atoms with Crippen LogP contribution < -0.4 is 5.14 Å². The Bertz CT molecular complexity index is 469. The zero-order valence-electron chi connectivity index (χ0n) is 10.3. The van der Waals surface area contributed by atoms with Crippen LogP contribution >= 0.6 is 0 Å². The largest absolute Gasteiger partial charge is 0.383 e. The molecule has 0 aliphatic rings. The van der Waals surface area contributed by atoms with Crippen molar-refractivity contribution in [1.29, 1.82) is 0 Å². The van der Waals surface area contributed by atoms with Crippen molar-refractivity contribution < 1.29 is 13.2 Å². The predicted molar refractivity (Wildman–Crippen MR) is 62.8 cm³/mol. The molecule has 0 radical (unpaired) electrons. The third-order valence-electron chi connectivity index (χ3n) is 2.35. The molecule has 1 aromatic rings. The Morgan fingerprint density at radius 3 is 2.71 bits per heavy atom. The van der Waals surface area contributed by atoms with E-state index >= 15 is 0 Å². The van der Waals surface area contributed by atoms with Crippen molar-refractivity contribution in [3.05, 3.63) is 11.8 Å². The highest BCUT2D eigenvalue weighted by molar-refractivity contribution is 7.89. The normalized spacial score (nSPS) is 12.3. The molecule has 2 N–H and O–H groups in total. The number of aryl methyl sites for hydroxylation is 1. The molecule has 7 nitrogen and oxygen atoms in total. The van der Waals surface area contributed by atoms with Crippen LogP contribution in [0, 0.1) is 0 Å². The average molecular weight is 262 g/mol. The van der Waals surface area contributed by atoms with Crippen LogP contribution in [0.5, 0.6) is 0 Å². The fourth-order valence-corrected chi connectivity index (χ4v) is 1.90. The van der Waals surface area contributed by atoms with E-state index in [2.05, 4.69) is 5.10 Å². The summed E-state index contributed by atoms with van der Waals surface area (Å²) in [6.45, 7) is 1.96. The van der Waals surface area contributed by atoms with E-state index in [1.54, 1.807) is 14.2 Å². The van der Waals surface area contributed by atoms with Crippen molar-refractivity contribution in [3.8, 4) is 0 Å². The number of methoxy groups -OCH3 is 1. The van der Waals surface area contributed by atoms with Crippen LogP contribution in [0.4, 0.5) is 0 Å². The third kappa shape index (κ3) is 4.08. The molecule has 0 bridgehead atoms. The monoisotopic (exact) mass is 262 g/mol. The van der Waals surface area contributed by atoms with Crippen LogP contribution in [0.15, 0.2) is 11.1 Å². The first-order valence-electron chi connectivity index (χ1n) is 5.08. The molecule has 1 aromatic heterocycles. The Morgan fingerprint density at radius 2 is 2.24 bits per heavy atom. The molecule has 0 atom stereocenters. The molecule has 1 rings (SSSR count). The fraction of sp³-hybridized carbons (Fsp3) is 0.667. The standard InChI is InChI=1S/C9H18N4O3S/c1-12(4-5-16-3)7-8-6-9(11-13(8)2)17(10,14)15/h6H,4-5,7H2,1-3H3,(H2,10,14,15). The van der Waals surface area contributed by atoms with Crippen LogP contribution in [-0.2, 0) is 28.4 Å². The highest BCUT2D eigenvalue weighted by Crippen LogP contribution is 2.09. The summed E-state index contributed by atoms with van der Waals surface area (Å²) in [5, 5.41) is 8.77. The number of nitrogens with two attached hydrogens (primary N) is 1. The van der Waals surface area contributed by atoms with Gasteiger partial charge in [-0.25, -0.2) is 13.6 Å². The maximum Gasteiger partial charge on any atom is 0.257 e. The van der Waals surface area contributed by atoms with Gasteiger partial charge >= 0.3 is 0 Å². The summed E-state index contributed by atoms with van der Waals surface area (Å²) in [6, 6.07) is 1.48. The molecule has 1 heterocycles. The molecule has 17 heavy (non-hydrogen) atoms. The minimum atomic E-state index is -3.73. The lowest BCUT2D eigenvalue weighted by molar-refractivity contribution is 0.157. The number of likely N-dealkylation sites (N-methyl/N-ethyl adjacent to an activating group) is 1. The van der Waals surface area contributed by atoms with Crippen molar-refractivity contribution in [1.82, 2.24) is 14.7 Å². The zero-order chi connectivity index (χ0) is 13.1. The van der Waals surface area contributed by atoms with Gasteiger partial charge in [-0.2, -0.15) is 5.10 Å². The van der Waals surface area contributed by atoms with Gasteiger partial charge in [0.05, 0.1) is 12.3 Å². The van der Waals surface area contributed by atoms with Gasteiger partial charge in [0.25, 0.3) is 10.0 Å².